The number of nitrogens with zero attached hydrogens (tertiary/aromatic N) is 2. The summed E-state index contributed by atoms with van der Waals surface area (Å²) in [4.78, 5) is 30.5. The van der Waals surface area contributed by atoms with Crippen molar-refractivity contribution < 1.29 is 14.3 Å². The van der Waals surface area contributed by atoms with E-state index in [1.807, 2.05) is 30.3 Å². The summed E-state index contributed by atoms with van der Waals surface area (Å²) in [5.74, 6) is 0.492. The minimum atomic E-state index is -0.123. The predicted octanol–water partition coefficient (Wildman–Crippen LogP) is 2.69. The van der Waals surface area contributed by atoms with Crippen LogP contribution in [0.3, 0.4) is 0 Å². The molecule has 2 aliphatic heterocycles. The molecule has 0 bridgehead atoms. The molecule has 1 saturated heterocycles. The van der Waals surface area contributed by atoms with Crippen molar-refractivity contribution in [2.75, 3.05) is 23.9 Å². The van der Waals surface area contributed by atoms with E-state index in [0.717, 1.165) is 35.6 Å². The summed E-state index contributed by atoms with van der Waals surface area (Å²) in [6.45, 7) is 0.729. The third-order valence-corrected chi connectivity index (χ3v) is 4.77. The molecule has 2 amide bonds. The van der Waals surface area contributed by atoms with E-state index in [9.17, 15) is 9.59 Å². The van der Waals surface area contributed by atoms with Crippen LogP contribution in [0.15, 0.2) is 36.4 Å². The highest BCUT2D eigenvalue weighted by Gasteiger charge is 2.29. The summed E-state index contributed by atoms with van der Waals surface area (Å²) in [7, 11) is 1.58. The van der Waals surface area contributed by atoms with E-state index in [1.165, 1.54) is 0 Å². The number of anilines is 2. The van der Waals surface area contributed by atoms with Crippen LogP contribution in [0.1, 0.15) is 36.4 Å². The van der Waals surface area contributed by atoms with Gasteiger partial charge in [0.25, 0.3) is 0 Å². The lowest BCUT2D eigenvalue weighted by Gasteiger charge is -2.27. The zero-order valence-corrected chi connectivity index (χ0v) is 14.0. The molecule has 1 unspecified atom stereocenters. The van der Waals surface area contributed by atoms with Gasteiger partial charge in [0.15, 0.2) is 0 Å². The Morgan fingerprint density at radius 3 is 2.88 bits per heavy atom. The van der Waals surface area contributed by atoms with Gasteiger partial charge in [0, 0.05) is 42.7 Å². The maximum absolute atomic E-state index is 12.2. The first-order valence-corrected chi connectivity index (χ1v) is 8.41. The minimum absolute atomic E-state index is 0.0491. The number of aromatic nitrogens is 1. The normalized spacial score (nSPS) is 19.6. The van der Waals surface area contributed by atoms with Crippen molar-refractivity contribution in [2.45, 2.75) is 25.2 Å². The Bertz CT molecular complexity index is 850. The monoisotopic (exact) mass is 337 g/mol. The van der Waals surface area contributed by atoms with Gasteiger partial charge in [-0.2, -0.15) is 0 Å². The first-order valence-electron chi connectivity index (χ1n) is 8.41. The van der Waals surface area contributed by atoms with Crippen LogP contribution in [0.25, 0.3) is 0 Å². The van der Waals surface area contributed by atoms with Gasteiger partial charge in [-0.3, -0.25) is 9.59 Å². The van der Waals surface area contributed by atoms with Crippen molar-refractivity contribution in [3.8, 4) is 5.88 Å². The van der Waals surface area contributed by atoms with E-state index >= 15 is 0 Å². The second-order valence-corrected chi connectivity index (χ2v) is 6.33. The second kappa shape index (κ2) is 6.20. The molecule has 4 rings (SSSR count). The number of pyridine rings is 1. The third kappa shape index (κ3) is 2.84. The quantitative estimate of drug-likeness (QED) is 0.935. The standard InChI is InChI=1S/C19H19N3O3/c1-25-18-5-2-4-15(21-18)14-11-17(23)20-16-10-12(7-8-13(14)16)22-9-3-6-19(22)24/h2,4-5,7-8,10,14H,3,6,9,11H2,1H3,(H,20,23). The third-order valence-electron chi connectivity index (χ3n) is 4.77. The number of ether oxygens (including phenoxy) is 1. The molecule has 0 radical (unpaired) electrons. The lowest BCUT2D eigenvalue weighted by Crippen LogP contribution is -2.26. The van der Waals surface area contributed by atoms with Crippen LogP contribution in [-0.4, -0.2) is 30.5 Å². The number of amides is 2. The number of carbonyl (C=O) groups excluding carboxylic acids is 2. The summed E-state index contributed by atoms with van der Waals surface area (Å²) >= 11 is 0. The molecule has 1 atom stereocenters. The van der Waals surface area contributed by atoms with Crippen molar-refractivity contribution in [1.29, 1.82) is 0 Å². The topological polar surface area (TPSA) is 71.5 Å². The van der Waals surface area contributed by atoms with Crippen LogP contribution < -0.4 is 15.0 Å². The Kier molecular flexibility index (Phi) is 3.87. The molecule has 0 saturated carbocycles. The van der Waals surface area contributed by atoms with Crippen molar-refractivity contribution in [1.82, 2.24) is 4.98 Å². The van der Waals surface area contributed by atoms with Crippen LogP contribution >= 0.6 is 0 Å². The van der Waals surface area contributed by atoms with Gasteiger partial charge in [-0.15, -0.1) is 0 Å². The SMILES string of the molecule is COc1cccc(C2CC(=O)Nc3cc(N4CCCC4=O)ccc32)n1. The fourth-order valence-corrected chi connectivity index (χ4v) is 3.54. The van der Waals surface area contributed by atoms with Gasteiger partial charge >= 0.3 is 0 Å². The van der Waals surface area contributed by atoms with Crippen LogP contribution in [0, 0.1) is 0 Å². The molecule has 6 heteroatoms. The minimum Gasteiger partial charge on any atom is -0.481 e. The molecule has 0 aliphatic carbocycles. The van der Waals surface area contributed by atoms with E-state index in [1.54, 1.807) is 18.1 Å². The second-order valence-electron chi connectivity index (χ2n) is 6.33. The molecular formula is C19H19N3O3. The van der Waals surface area contributed by atoms with Crippen molar-refractivity contribution >= 4 is 23.2 Å². The first kappa shape index (κ1) is 15.6. The molecule has 3 heterocycles. The summed E-state index contributed by atoms with van der Waals surface area (Å²) in [6.07, 6.45) is 1.80. The Labute approximate surface area is 145 Å². The molecule has 25 heavy (non-hydrogen) atoms. The Morgan fingerprint density at radius 2 is 2.12 bits per heavy atom. The molecule has 2 aliphatic rings. The number of hydrogen-bond acceptors (Lipinski definition) is 4. The Balaban J connectivity index is 1.73. The van der Waals surface area contributed by atoms with E-state index in [2.05, 4.69) is 10.3 Å². The highest BCUT2D eigenvalue weighted by molar-refractivity contribution is 5.99. The van der Waals surface area contributed by atoms with Gasteiger partial charge < -0.3 is 15.0 Å². The maximum atomic E-state index is 12.2. The number of nitrogens with one attached hydrogen (secondary N) is 1. The summed E-state index contributed by atoms with van der Waals surface area (Å²) < 4.78 is 5.20. The van der Waals surface area contributed by atoms with E-state index in [-0.39, 0.29) is 17.7 Å². The number of methoxy groups -OCH3 is 1. The van der Waals surface area contributed by atoms with Crippen LogP contribution in [0.5, 0.6) is 5.88 Å². The molecule has 0 spiro atoms. The van der Waals surface area contributed by atoms with Crippen molar-refractivity contribution in [3.05, 3.63) is 47.7 Å². The fraction of sp³-hybridized carbons (Fsp3) is 0.316. The predicted molar refractivity (Wildman–Crippen MR) is 93.9 cm³/mol. The number of rotatable bonds is 3. The Hall–Kier alpha value is -2.89. The largest absolute Gasteiger partial charge is 0.481 e. The van der Waals surface area contributed by atoms with Gasteiger partial charge in [-0.25, -0.2) is 4.98 Å². The molecule has 1 N–H and O–H groups in total. The average molecular weight is 337 g/mol. The van der Waals surface area contributed by atoms with Gasteiger partial charge in [0.1, 0.15) is 0 Å². The molecule has 6 nitrogen and oxygen atoms in total. The van der Waals surface area contributed by atoms with Gasteiger partial charge in [0.2, 0.25) is 17.7 Å². The van der Waals surface area contributed by atoms with Gasteiger partial charge in [-0.1, -0.05) is 12.1 Å². The first-order chi connectivity index (χ1) is 12.2. The molecular weight excluding hydrogens is 318 g/mol. The van der Waals surface area contributed by atoms with E-state index in [0.29, 0.717) is 18.7 Å². The lowest BCUT2D eigenvalue weighted by atomic mass is 9.87. The molecule has 1 aromatic heterocycles. The van der Waals surface area contributed by atoms with Crippen LogP contribution in [0.2, 0.25) is 0 Å². The zero-order valence-electron chi connectivity index (χ0n) is 14.0. The highest BCUT2D eigenvalue weighted by atomic mass is 16.5. The summed E-state index contributed by atoms with van der Waals surface area (Å²) in [5.41, 5.74) is 3.40. The maximum Gasteiger partial charge on any atom is 0.227 e. The zero-order chi connectivity index (χ0) is 17.4. The highest BCUT2D eigenvalue weighted by Crippen LogP contribution is 2.39. The molecule has 1 aromatic carbocycles. The Morgan fingerprint density at radius 1 is 1.24 bits per heavy atom. The smallest absolute Gasteiger partial charge is 0.227 e. The average Bonchev–Trinajstić information content (AvgIpc) is 3.06. The summed E-state index contributed by atoms with van der Waals surface area (Å²) in [5, 5.41) is 2.93. The summed E-state index contributed by atoms with van der Waals surface area (Å²) in [6, 6.07) is 11.4. The molecule has 1 fully saturated rings. The number of benzene rings is 1. The van der Waals surface area contributed by atoms with E-state index < -0.39 is 0 Å². The molecule has 128 valence electrons. The lowest BCUT2D eigenvalue weighted by molar-refractivity contribution is -0.117. The number of fused-ring (bicyclic) bond motifs is 1. The number of carbonyl (C=O) groups is 2. The van der Waals surface area contributed by atoms with Crippen molar-refractivity contribution in [3.63, 3.8) is 0 Å². The van der Waals surface area contributed by atoms with E-state index in [4.69, 9.17) is 4.74 Å². The fourth-order valence-electron chi connectivity index (χ4n) is 3.54. The van der Waals surface area contributed by atoms with Crippen LogP contribution in [-0.2, 0) is 9.59 Å². The van der Waals surface area contributed by atoms with Gasteiger partial charge in [0.05, 0.1) is 12.8 Å². The number of hydrogen-bond donors (Lipinski definition) is 1. The van der Waals surface area contributed by atoms with Crippen molar-refractivity contribution in [2.24, 2.45) is 0 Å². The van der Waals surface area contributed by atoms with Gasteiger partial charge in [-0.05, 0) is 30.2 Å². The van der Waals surface area contributed by atoms with Crippen LogP contribution in [0.4, 0.5) is 11.4 Å². The molecule has 2 aromatic rings.